The van der Waals surface area contributed by atoms with Gasteiger partial charge in [0.15, 0.2) is 16.5 Å². The van der Waals surface area contributed by atoms with Gasteiger partial charge in [-0.1, -0.05) is 53.5 Å². The predicted octanol–water partition coefficient (Wildman–Crippen LogP) is 5.82. The number of carbonyl (C=O) groups is 3. The van der Waals surface area contributed by atoms with E-state index in [-0.39, 0.29) is 17.7 Å². The van der Waals surface area contributed by atoms with Gasteiger partial charge in [0, 0.05) is 28.8 Å². The molecule has 0 saturated carbocycles. The molecule has 0 spiro atoms. The van der Waals surface area contributed by atoms with Crippen molar-refractivity contribution < 1.29 is 23.9 Å². The number of ether oxygens (including phenoxy) is 2. The van der Waals surface area contributed by atoms with Crippen LogP contribution in [0.3, 0.4) is 0 Å². The van der Waals surface area contributed by atoms with Crippen molar-refractivity contribution in [2.45, 2.75) is 25.5 Å². The van der Waals surface area contributed by atoms with Gasteiger partial charge in [0.25, 0.3) is 11.8 Å². The zero-order valence-corrected chi connectivity index (χ0v) is 22.3. The van der Waals surface area contributed by atoms with E-state index in [0.717, 1.165) is 15.7 Å². The van der Waals surface area contributed by atoms with E-state index in [2.05, 4.69) is 5.32 Å². The Labute approximate surface area is 229 Å². The summed E-state index contributed by atoms with van der Waals surface area (Å²) in [4.78, 5) is 38.1. The SMILES string of the molecule is COC1=C(OCc2ccccc2N(C(C)=O)N2C(=O)c3ccccc3C2=O)C(C)(Cl)Nc2ccc(Cl)cc21. The normalized spacial score (nSPS) is 18.1. The molecule has 2 heterocycles. The maximum atomic E-state index is 13.2. The molecule has 38 heavy (non-hydrogen) atoms. The van der Waals surface area contributed by atoms with E-state index in [1.54, 1.807) is 73.7 Å². The summed E-state index contributed by atoms with van der Waals surface area (Å²) in [6.07, 6.45) is 0. The lowest BCUT2D eigenvalue weighted by Crippen LogP contribution is -2.49. The minimum absolute atomic E-state index is 0.0504. The Morgan fingerprint density at radius 3 is 2.26 bits per heavy atom. The van der Waals surface area contributed by atoms with E-state index >= 15 is 0 Å². The fourth-order valence-electron chi connectivity index (χ4n) is 4.63. The van der Waals surface area contributed by atoms with Gasteiger partial charge in [-0.15, -0.1) is 0 Å². The number of para-hydroxylation sites is 1. The van der Waals surface area contributed by atoms with Crippen LogP contribution in [0.2, 0.25) is 5.02 Å². The van der Waals surface area contributed by atoms with Crippen molar-refractivity contribution in [3.05, 3.63) is 99.8 Å². The van der Waals surface area contributed by atoms with Crippen LogP contribution < -0.4 is 10.3 Å². The van der Waals surface area contributed by atoms with Gasteiger partial charge in [-0.25, -0.2) is 5.01 Å². The lowest BCUT2D eigenvalue weighted by atomic mass is 10.0. The highest BCUT2D eigenvalue weighted by Gasteiger charge is 2.42. The molecule has 0 fully saturated rings. The van der Waals surface area contributed by atoms with E-state index < -0.39 is 22.7 Å². The molecule has 1 atom stereocenters. The van der Waals surface area contributed by atoms with E-state index in [9.17, 15) is 14.4 Å². The van der Waals surface area contributed by atoms with E-state index in [4.69, 9.17) is 32.7 Å². The van der Waals surface area contributed by atoms with E-state index in [1.807, 2.05) is 0 Å². The quantitative estimate of drug-likeness (QED) is 0.236. The highest BCUT2D eigenvalue weighted by atomic mass is 35.5. The molecule has 1 N–H and O–H groups in total. The number of halogens is 2. The number of methoxy groups -OCH3 is 1. The molecule has 5 rings (SSSR count). The minimum Gasteiger partial charge on any atom is -0.492 e. The Morgan fingerprint density at radius 2 is 1.63 bits per heavy atom. The molecular weight excluding hydrogens is 529 g/mol. The Bertz CT molecular complexity index is 1480. The Balaban J connectivity index is 1.52. The first-order chi connectivity index (χ1) is 18.1. The number of imide groups is 1. The number of fused-ring (bicyclic) bond motifs is 2. The maximum absolute atomic E-state index is 13.2. The molecule has 0 radical (unpaired) electrons. The first-order valence-electron chi connectivity index (χ1n) is 11.7. The monoisotopic (exact) mass is 551 g/mol. The Kier molecular flexibility index (Phi) is 6.54. The average molecular weight is 552 g/mol. The summed E-state index contributed by atoms with van der Waals surface area (Å²) in [5.74, 6) is -0.978. The molecular formula is C28H23Cl2N3O5. The molecule has 0 bridgehead atoms. The summed E-state index contributed by atoms with van der Waals surface area (Å²) in [6.45, 7) is 2.96. The number of carbonyl (C=O) groups excluding carboxylic acids is 3. The summed E-state index contributed by atoms with van der Waals surface area (Å²) in [5.41, 5.74) is 2.72. The van der Waals surface area contributed by atoms with Gasteiger partial charge in [-0.2, -0.15) is 5.01 Å². The van der Waals surface area contributed by atoms with Gasteiger partial charge in [0.1, 0.15) is 6.61 Å². The molecule has 0 aromatic heterocycles. The van der Waals surface area contributed by atoms with E-state index in [0.29, 0.717) is 33.4 Å². The molecule has 8 nitrogen and oxygen atoms in total. The topological polar surface area (TPSA) is 88.2 Å². The number of hydrogen-bond donors (Lipinski definition) is 1. The van der Waals surface area contributed by atoms with Crippen LogP contribution in [0.25, 0.3) is 5.76 Å². The maximum Gasteiger partial charge on any atom is 0.281 e. The molecule has 0 saturated heterocycles. The number of amides is 3. The summed E-state index contributed by atoms with van der Waals surface area (Å²) in [5, 5.41) is 5.66. The number of hydrogen-bond acceptors (Lipinski definition) is 6. The standard InChI is InChI=1S/C28H23Cl2N3O5/c1-16(34)32(33-26(35)19-9-5-6-10-20(19)27(33)36)23-11-7-4-8-17(23)15-38-25-24(37-3)21-14-18(29)12-13-22(21)31-28(25,2)30/h4-14,31H,15H2,1-3H3. The number of nitrogens with one attached hydrogen (secondary N) is 1. The second-order valence-corrected chi connectivity index (χ2v) is 10.1. The van der Waals surface area contributed by atoms with Crippen LogP contribution in [0.4, 0.5) is 11.4 Å². The first-order valence-corrected chi connectivity index (χ1v) is 12.4. The molecule has 3 aromatic carbocycles. The van der Waals surface area contributed by atoms with Gasteiger partial charge in [-0.3, -0.25) is 14.4 Å². The van der Waals surface area contributed by atoms with Crippen molar-refractivity contribution in [3.63, 3.8) is 0 Å². The van der Waals surface area contributed by atoms with Crippen LogP contribution in [-0.4, -0.2) is 34.8 Å². The zero-order chi connectivity index (χ0) is 27.2. The second-order valence-electron chi connectivity index (χ2n) is 8.90. The second kappa shape index (κ2) is 9.70. The summed E-state index contributed by atoms with van der Waals surface area (Å²) < 4.78 is 11.9. The van der Waals surface area contributed by atoms with Crippen molar-refractivity contribution in [2.75, 3.05) is 17.4 Å². The number of anilines is 2. The summed E-state index contributed by atoms with van der Waals surface area (Å²) in [7, 11) is 1.51. The van der Waals surface area contributed by atoms with Gasteiger partial charge in [0.05, 0.1) is 23.9 Å². The van der Waals surface area contributed by atoms with Crippen molar-refractivity contribution in [1.82, 2.24) is 5.01 Å². The van der Waals surface area contributed by atoms with Crippen molar-refractivity contribution in [2.24, 2.45) is 0 Å². The Hall–Kier alpha value is -4.01. The van der Waals surface area contributed by atoms with Gasteiger partial charge < -0.3 is 14.8 Å². The van der Waals surface area contributed by atoms with Crippen LogP contribution in [-0.2, 0) is 20.9 Å². The van der Waals surface area contributed by atoms with Crippen LogP contribution >= 0.6 is 23.2 Å². The Morgan fingerprint density at radius 1 is 1.00 bits per heavy atom. The number of alkyl halides is 1. The van der Waals surface area contributed by atoms with Crippen molar-refractivity contribution in [1.29, 1.82) is 0 Å². The molecule has 0 aliphatic carbocycles. The average Bonchev–Trinajstić information content (AvgIpc) is 3.13. The highest BCUT2D eigenvalue weighted by molar-refractivity contribution is 6.31. The third kappa shape index (κ3) is 4.25. The molecule has 3 amide bonds. The molecule has 3 aromatic rings. The highest BCUT2D eigenvalue weighted by Crippen LogP contribution is 2.43. The smallest absolute Gasteiger partial charge is 0.281 e. The summed E-state index contributed by atoms with van der Waals surface area (Å²) in [6, 6.07) is 18.6. The molecule has 194 valence electrons. The van der Waals surface area contributed by atoms with Gasteiger partial charge in [0.2, 0.25) is 5.91 Å². The number of rotatable bonds is 6. The van der Waals surface area contributed by atoms with Crippen LogP contribution in [0.15, 0.2) is 72.5 Å². The lowest BCUT2D eigenvalue weighted by molar-refractivity contribution is -0.118. The lowest BCUT2D eigenvalue weighted by Gasteiger charge is -2.35. The fraction of sp³-hybridized carbons (Fsp3) is 0.179. The zero-order valence-electron chi connectivity index (χ0n) is 20.7. The first kappa shape index (κ1) is 25.6. The largest absolute Gasteiger partial charge is 0.492 e. The van der Waals surface area contributed by atoms with Crippen molar-refractivity contribution in [3.8, 4) is 0 Å². The van der Waals surface area contributed by atoms with Crippen LogP contribution in [0.1, 0.15) is 45.7 Å². The number of benzene rings is 3. The minimum atomic E-state index is -1.16. The van der Waals surface area contributed by atoms with E-state index in [1.165, 1.54) is 14.0 Å². The number of hydrazine groups is 1. The molecule has 2 aliphatic heterocycles. The third-order valence-electron chi connectivity index (χ3n) is 6.30. The molecule has 1 unspecified atom stereocenters. The van der Waals surface area contributed by atoms with Crippen LogP contribution in [0, 0.1) is 0 Å². The fourth-order valence-corrected chi connectivity index (χ4v) is 5.04. The van der Waals surface area contributed by atoms with Gasteiger partial charge in [-0.05, 0) is 43.3 Å². The molecule has 2 aliphatic rings. The third-order valence-corrected chi connectivity index (χ3v) is 6.80. The van der Waals surface area contributed by atoms with Gasteiger partial charge >= 0.3 is 0 Å². The van der Waals surface area contributed by atoms with Crippen LogP contribution in [0.5, 0.6) is 0 Å². The summed E-state index contributed by atoms with van der Waals surface area (Å²) >= 11 is 13.0. The van der Waals surface area contributed by atoms with Crippen molar-refractivity contribution >= 4 is 58.1 Å². The number of nitrogens with zero attached hydrogens (tertiary/aromatic N) is 2. The molecule has 10 heteroatoms. The predicted molar refractivity (Wildman–Crippen MR) is 145 cm³/mol.